The van der Waals surface area contributed by atoms with Gasteiger partial charge in [0.15, 0.2) is 0 Å². The van der Waals surface area contributed by atoms with Crippen LogP contribution in [0, 0.1) is 0 Å². The van der Waals surface area contributed by atoms with Crippen LogP contribution in [0.1, 0.15) is 188 Å². The summed E-state index contributed by atoms with van der Waals surface area (Å²) in [4.78, 5) is 0. The number of allylic oxidation sites excluding steroid dienone is 6. The summed E-state index contributed by atoms with van der Waals surface area (Å²) in [7, 11) is 0. The van der Waals surface area contributed by atoms with Crippen molar-refractivity contribution < 1.29 is 0 Å². The number of benzene rings is 1. The highest BCUT2D eigenvalue weighted by molar-refractivity contribution is 5.07. The molecule has 3 aliphatic rings. The molecular weight excluding hydrogens is 480 g/mol. The van der Waals surface area contributed by atoms with Gasteiger partial charge >= 0.3 is 0 Å². The van der Waals surface area contributed by atoms with E-state index in [4.69, 9.17) is 0 Å². The van der Waals surface area contributed by atoms with Crippen molar-refractivity contribution in [1.29, 1.82) is 0 Å². The zero-order chi connectivity index (χ0) is 33.0. The van der Waals surface area contributed by atoms with Crippen molar-refractivity contribution in [1.82, 2.24) is 0 Å². The van der Waals surface area contributed by atoms with E-state index in [0.717, 1.165) is 0 Å². The first-order chi connectivity index (χ1) is 20.0. The van der Waals surface area contributed by atoms with E-state index in [1.54, 1.807) is 0 Å². The van der Waals surface area contributed by atoms with Crippen molar-refractivity contribution >= 4 is 0 Å². The largest absolute Gasteiger partial charge is 0.0885 e. The normalized spacial score (nSPS) is 12.0. The smallest absolute Gasteiger partial charge is 0.0313 e. The fraction of sp³-hybridized carbons (Fsp3) is 0.700. The molecule has 1 saturated carbocycles. The minimum atomic E-state index is 1.23. The molecule has 0 saturated heterocycles. The Labute approximate surface area is 260 Å². The minimum Gasteiger partial charge on any atom is -0.0885 e. The van der Waals surface area contributed by atoms with Gasteiger partial charge in [-0.15, -0.1) is 0 Å². The Hall–Kier alpha value is -1.56. The topological polar surface area (TPSA) is 0 Å². The molecule has 0 amide bonds. The van der Waals surface area contributed by atoms with Gasteiger partial charge in [0.25, 0.3) is 0 Å². The third-order valence-electron chi connectivity index (χ3n) is 4.21. The molecule has 244 valence electrons. The lowest BCUT2D eigenvalue weighted by Crippen LogP contribution is -1.85. The van der Waals surface area contributed by atoms with E-state index in [-0.39, 0.29) is 0 Å². The molecule has 0 N–H and O–H groups in total. The number of hydrogen-bond donors (Lipinski definition) is 0. The highest BCUT2D eigenvalue weighted by Crippen LogP contribution is 2.15. The second kappa shape index (κ2) is 98.7. The second-order valence-corrected chi connectivity index (χ2v) is 6.47. The first-order valence-electron chi connectivity index (χ1n) is 18.0. The maximum Gasteiger partial charge on any atom is -0.0313 e. The molecule has 0 spiro atoms. The van der Waals surface area contributed by atoms with Crippen LogP contribution < -0.4 is 0 Å². The van der Waals surface area contributed by atoms with Gasteiger partial charge in [0.1, 0.15) is 0 Å². The van der Waals surface area contributed by atoms with Crippen molar-refractivity contribution in [2.75, 3.05) is 0 Å². The number of rotatable bonds is 0. The van der Waals surface area contributed by atoms with Gasteiger partial charge in [-0.1, -0.05) is 222 Å². The molecular formula is C40H84. The van der Waals surface area contributed by atoms with Crippen molar-refractivity contribution in [2.45, 2.75) is 188 Å². The monoisotopic (exact) mass is 565 g/mol. The van der Waals surface area contributed by atoms with Crippen LogP contribution in [-0.4, -0.2) is 0 Å². The SMILES string of the molecule is C1=CCCC=C1.C1=CCCCC1.C1CCCCC1.CC.CC.CC.CC.CC.CC.CC.CC.c1ccccc1. The highest BCUT2D eigenvalue weighted by Gasteiger charge is 1.95. The average Bonchev–Trinajstić information content (AvgIpc) is 3.15. The van der Waals surface area contributed by atoms with Gasteiger partial charge in [0.2, 0.25) is 0 Å². The molecule has 3 aliphatic carbocycles. The van der Waals surface area contributed by atoms with Crippen LogP contribution in [-0.2, 0) is 0 Å². The fourth-order valence-corrected chi connectivity index (χ4v) is 2.75. The molecule has 0 unspecified atom stereocenters. The Morgan fingerprint density at radius 2 is 0.425 bits per heavy atom. The quantitative estimate of drug-likeness (QED) is 0.275. The lowest BCUT2D eigenvalue weighted by atomic mass is 10.0. The average molecular weight is 565 g/mol. The van der Waals surface area contributed by atoms with Crippen molar-refractivity contribution in [3.63, 3.8) is 0 Å². The van der Waals surface area contributed by atoms with Gasteiger partial charge in [-0.25, -0.2) is 0 Å². The van der Waals surface area contributed by atoms with Crippen molar-refractivity contribution in [3.05, 3.63) is 72.9 Å². The van der Waals surface area contributed by atoms with E-state index >= 15 is 0 Å². The van der Waals surface area contributed by atoms with E-state index in [0.29, 0.717) is 0 Å². The lowest BCUT2D eigenvalue weighted by Gasteiger charge is -2.05. The molecule has 0 bridgehead atoms. The maximum absolute atomic E-state index is 2.27. The fourth-order valence-electron chi connectivity index (χ4n) is 2.75. The van der Waals surface area contributed by atoms with Gasteiger partial charge in [0, 0.05) is 0 Å². The predicted molar refractivity (Wildman–Crippen MR) is 200 cm³/mol. The lowest BCUT2D eigenvalue weighted by molar-refractivity contribution is 0.504. The van der Waals surface area contributed by atoms with Crippen LogP contribution in [0.25, 0.3) is 0 Å². The Bertz CT molecular complexity index is 362. The van der Waals surface area contributed by atoms with Gasteiger partial charge < -0.3 is 0 Å². The summed E-state index contributed by atoms with van der Waals surface area (Å²) in [6, 6.07) is 12.0. The summed E-state index contributed by atoms with van der Waals surface area (Å²) >= 11 is 0. The number of hydrogen-bond acceptors (Lipinski definition) is 0. The van der Waals surface area contributed by atoms with Gasteiger partial charge in [0.05, 0.1) is 0 Å². The second-order valence-electron chi connectivity index (χ2n) is 6.47. The molecule has 1 aromatic carbocycles. The van der Waals surface area contributed by atoms with Gasteiger partial charge in [-0.3, -0.25) is 0 Å². The molecule has 0 aliphatic heterocycles. The van der Waals surface area contributed by atoms with Gasteiger partial charge in [-0.05, 0) is 38.5 Å². The first kappa shape index (κ1) is 58.2. The van der Waals surface area contributed by atoms with Crippen LogP contribution in [0.2, 0.25) is 0 Å². The Morgan fingerprint density at radius 3 is 0.525 bits per heavy atom. The van der Waals surface area contributed by atoms with E-state index in [9.17, 15) is 0 Å². The molecule has 40 heavy (non-hydrogen) atoms. The van der Waals surface area contributed by atoms with Crippen LogP contribution in [0.4, 0.5) is 0 Å². The molecule has 0 heterocycles. The van der Waals surface area contributed by atoms with E-state index in [1.807, 2.05) is 147 Å². The molecule has 0 nitrogen and oxygen atoms in total. The molecule has 0 atom stereocenters. The predicted octanol–water partition coefficient (Wildman–Crippen LogP) is 16.2. The molecule has 0 radical (unpaired) electrons. The summed E-state index contributed by atoms with van der Waals surface area (Å²) in [5, 5.41) is 0. The highest BCUT2D eigenvalue weighted by atomic mass is 14.0. The molecule has 0 heteroatoms. The summed E-state index contributed by atoms with van der Waals surface area (Å²) < 4.78 is 0. The summed E-state index contributed by atoms with van der Waals surface area (Å²) in [6.45, 7) is 32.0. The molecule has 0 aromatic heterocycles. The zero-order valence-corrected chi connectivity index (χ0v) is 31.4. The molecule has 1 aromatic rings. The Kier molecular flexibility index (Phi) is 144. The van der Waals surface area contributed by atoms with Crippen LogP contribution in [0.15, 0.2) is 72.9 Å². The molecule has 4 rings (SSSR count). The summed E-state index contributed by atoms with van der Waals surface area (Å²) in [5.74, 6) is 0. The Morgan fingerprint density at radius 1 is 0.225 bits per heavy atom. The summed E-state index contributed by atoms with van der Waals surface area (Å²) in [6.07, 6.45) is 30.0. The van der Waals surface area contributed by atoms with Crippen molar-refractivity contribution in [3.8, 4) is 0 Å². The Balaban J connectivity index is -0.0000000489. The van der Waals surface area contributed by atoms with Crippen LogP contribution in [0.3, 0.4) is 0 Å². The van der Waals surface area contributed by atoms with E-state index in [2.05, 4.69) is 36.5 Å². The van der Waals surface area contributed by atoms with Crippen LogP contribution in [0.5, 0.6) is 0 Å². The van der Waals surface area contributed by atoms with Crippen LogP contribution >= 0.6 is 0 Å². The van der Waals surface area contributed by atoms with E-state index in [1.165, 1.54) is 77.0 Å². The van der Waals surface area contributed by atoms with Gasteiger partial charge in [-0.2, -0.15) is 0 Å². The minimum absolute atomic E-state index is 1.23. The van der Waals surface area contributed by atoms with Crippen molar-refractivity contribution in [2.24, 2.45) is 0 Å². The molecule has 1 fully saturated rings. The first-order valence-corrected chi connectivity index (χ1v) is 18.0. The zero-order valence-electron chi connectivity index (χ0n) is 31.4. The third-order valence-corrected chi connectivity index (χ3v) is 4.21. The third kappa shape index (κ3) is 90.9. The van der Waals surface area contributed by atoms with E-state index < -0.39 is 0 Å². The maximum atomic E-state index is 2.27. The summed E-state index contributed by atoms with van der Waals surface area (Å²) in [5.41, 5.74) is 0. The standard InChI is InChI=1S/C6H12.C6H10.C6H8.C6H6.8C2H6/c4*1-2-4-6-5-3-1;8*1-2/h1-6H2;1-2H,3-6H2;1-4H,5-6H2;1-6H;8*1-2H3.